The Morgan fingerprint density at radius 3 is 2.72 bits per heavy atom. The topological polar surface area (TPSA) is 61.2 Å². The van der Waals surface area contributed by atoms with Crippen molar-refractivity contribution in [2.45, 2.75) is 40.3 Å². The van der Waals surface area contributed by atoms with Crippen molar-refractivity contribution in [2.75, 3.05) is 0 Å². The molecule has 0 N–H and O–H groups in total. The molecule has 2 heterocycles. The van der Waals surface area contributed by atoms with Gasteiger partial charge in [0.2, 0.25) is 0 Å². The van der Waals surface area contributed by atoms with Gasteiger partial charge in [-0.1, -0.05) is 23.8 Å². The number of hydrogen-bond acceptors (Lipinski definition) is 5. The van der Waals surface area contributed by atoms with E-state index in [4.69, 9.17) is 4.74 Å². The Kier molecular flexibility index (Phi) is 4.72. The first-order chi connectivity index (χ1) is 11.9. The van der Waals surface area contributed by atoms with Crippen LogP contribution in [0.5, 0.6) is 0 Å². The van der Waals surface area contributed by atoms with Gasteiger partial charge in [-0.05, 0) is 38.8 Å². The number of carbonyl (C=O) groups is 1. The number of hydrogen-bond donors (Lipinski definition) is 0. The molecule has 0 aliphatic carbocycles. The molecular weight excluding hydrogens is 336 g/mol. The summed E-state index contributed by atoms with van der Waals surface area (Å²) in [6.45, 7) is 7.48. The zero-order valence-corrected chi connectivity index (χ0v) is 15.5. The Bertz CT molecular complexity index is 1000. The third kappa shape index (κ3) is 3.49. The van der Waals surface area contributed by atoms with Crippen LogP contribution in [0.4, 0.5) is 0 Å². The largest absolute Gasteiger partial charge is 0.462 e. The van der Waals surface area contributed by atoms with Crippen LogP contribution < -0.4 is 5.56 Å². The van der Waals surface area contributed by atoms with E-state index in [9.17, 15) is 9.59 Å². The van der Waals surface area contributed by atoms with Crippen LogP contribution in [0.2, 0.25) is 0 Å². The maximum atomic E-state index is 12.9. The van der Waals surface area contributed by atoms with E-state index in [1.54, 1.807) is 13.8 Å². The second kappa shape index (κ2) is 6.80. The van der Waals surface area contributed by atoms with Gasteiger partial charge in [0.25, 0.3) is 5.56 Å². The van der Waals surface area contributed by atoms with Crippen molar-refractivity contribution in [3.05, 3.63) is 51.4 Å². The highest BCUT2D eigenvalue weighted by atomic mass is 32.1. The zero-order valence-electron chi connectivity index (χ0n) is 14.7. The van der Waals surface area contributed by atoms with Gasteiger partial charge in [-0.25, -0.2) is 4.98 Å². The Hall–Kier alpha value is -2.47. The monoisotopic (exact) mass is 356 g/mol. The maximum Gasteiger partial charge on any atom is 0.326 e. The average Bonchev–Trinajstić information content (AvgIpc) is 2.94. The summed E-state index contributed by atoms with van der Waals surface area (Å²) in [6.07, 6.45) is 1.20. The Labute approximate surface area is 149 Å². The van der Waals surface area contributed by atoms with Crippen LogP contribution in [0.25, 0.3) is 21.3 Å². The molecule has 5 nitrogen and oxygen atoms in total. The third-order valence-corrected chi connectivity index (χ3v) is 4.79. The molecule has 3 aromatic rings. The Balaban J connectivity index is 2.09. The molecule has 130 valence electrons. The van der Waals surface area contributed by atoms with Crippen molar-refractivity contribution < 1.29 is 9.53 Å². The fourth-order valence-electron chi connectivity index (χ4n) is 2.83. The minimum Gasteiger partial charge on any atom is -0.462 e. The number of esters is 1. The highest BCUT2D eigenvalue weighted by molar-refractivity contribution is 7.17. The van der Waals surface area contributed by atoms with Gasteiger partial charge in [-0.3, -0.25) is 14.2 Å². The lowest BCUT2D eigenvalue weighted by Gasteiger charge is -2.10. The fraction of sp³-hybridized carbons (Fsp3) is 0.316. The molecule has 0 aliphatic rings. The number of carbonyl (C=O) groups excluding carboxylic acids is 1. The molecular formula is C19H20N2O3S. The van der Waals surface area contributed by atoms with Crippen LogP contribution in [0.15, 0.2) is 34.7 Å². The zero-order chi connectivity index (χ0) is 18.1. The van der Waals surface area contributed by atoms with Gasteiger partial charge in [0, 0.05) is 10.9 Å². The van der Waals surface area contributed by atoms with Gasteiger partial charge in [0.15, 0.2) is 0 Å². The minimum absolute atomic E-state index is 0.137. The van der Waals surface area contributed by atoms with E-state index in [2.05, 4.69) is 11.1 Å². The Morgan fingerprint density at radius 1 is 1.28 bits per heavy atom. The van der Waals surface area contributed by atoms with Gasteiger partial charge in [-0.2, -0.15) is 0 Å². The predicted molar refractivity (Wildman–Crippen MR) is 100 cm³/mol. The standard InChI is InChI=1S/C19H20N2O3S/c1-11(2)24-16(22)8-21-10-20-18-17(19(21)23)15(9-25-18)14-6-5-12(3)7-13(14)4/h5-7,9-11H,8H2,1-4H3. The van der Waals surface area contributed by atoms with E-state index in [0.29, 0.717) is 10.2 Å². The van der Waals surface area contributed by atoms with Gasteiger partial charge in [0.1, 0.15) is 11.4 Å². The summed E-state index contributed by atoms with van der Waals surface area (Å²) in [6, 6.07) is 6.14. The number of rotatable bonds is 4. The summed E-state index contributed by atoms with van der Waals surface area (Å²) in [5.74, 6) is -0.443. The highest BCUT2D eigenvalue weighted by Gasteiger charge is 2.16. The van der Waals surface area contributed by atoms with E-state index in [1.807, 2.05) is 31.4 Å². The molecule has 1 aromatic carbocycles. The Morgan fingerprint density at radius 2 is 2.04 bits per heavy atom. The third-order valence-electron chi connectivity index (χ3n) is 3.90. The minimum atomic E-state index is -0.443. The van der Waals surface area contributed by atoms with Gasteiger partial charge in [-0.15, -0.1) is 11.3 Å². The molecule has 0 atom stereocenters. The van der Waals surface area contributed by atoms with E-state index in [-0.39, 0.29) is 18.2 Å². The molecule has 6 heteroatoms. The van der Waals surface area contributed by atoms with Crippen molar-refractivity contribution in [1.29, 1.82) is 0 Å². The number of thiophene rings is 1. The number of benzene rings is 1. The molecule has 0 aliphatic heterocycles. The SMILES string of the molecule is Cc1ccc(-c2csc3ncn(CC(=O)OC(C)C)c(=O)c23)c(C)c1. The first kappa shape index (κ1) is 17.4. The summed E-state index contributed by atoms with van der Waals surface area (Å²) < 4.78 is 6.44. The van der Waals surface area contributed by atoms with Crippen molar-refractivity contribution in [3.63, 3.8) is 0 Å². The lowest BCUT2D eigenvalue weighted by molar-refractivity contribution is -0.148. The maximum absolute atomic E-state index is 12.9. The molecule has 0 saturated heterocycles. The number of fused-ring (bicyclic) bond motifs is 1. The normalized spacial score (nSPS) is 11.2. The van der Waals surface area contributed by atoms with E-state index in [1.165, 1.54) is 27.8 Å². The molecule has 3 rings (SSSR count). The molecule has 0 unspecified atom stereocenters. The summed E-state index contributed by atoms with van der Waals surface area (Å²) in [7, 11) is 0. The summed E-state index contributed by atoms with van der Waals surface area (Å²) in [4.78, 5) is 29.8. The molecule has 2 aromatic heterocycles. The molecule has 0 bridgehead atoms. The van der Waals surface area contributed by atoms with Crippen LogP contribution in [-0.4, -0.2) is 21.6 Å². The van der Waals surface area contributed by atoms with Gasteiger partial charge < -0.3 is 4.74 Å². The molecule has 25 heavy (non-hydrogen) atoms. The van der Waals surface area contributed by atoms with Crippen LogP contribution in [-0.2, 0) is 16.1 Å². The first-order valence-electron chi connectivity index (χ1n) is 8.10. The molecule has 0 spiro atoms. The first-order valence-corrected chi connectivity index (χ1v) is 8.98. The van der Waals surface area contributed by atoms with E-state index in [0.717, 1.165) is 16.7 Å². The van der Waals surface area contributed by atoms with E-state index >= 15 is 0 Å². The smallest absolute Gasteiger partial charge is 0.326 e. The fourth-order valence-corrected chi connectivity index (χ4v) is 3.73. The van der Waals surface area contributed by atoms with Gasteiger partial charge in [0.05, 0.1) is 17.8 Å². The van der Waals surface area contributed by atoms with Gasteiger partial charge >= 0.3 is 5.97 Å². The van der Waals surface area contributed by atoms with Crippen molar-refractivity contribution in [3.8, 4) is 11.1 Å². The number of ether oxygens (including phenoxy) is 1. The van der Waals surface area contributed by atoms with Crippen molar-refractivity contribution in [2.24, 2.45) is 0 Å². The van der Waals surface area contributed by atoms with Crippen LogP contribution >= 0.6 is 11.3 Å². The molecule has 0 amide bonds. The number of aromatic nitrogens is 2. The second-order valence-corrected chi connectivity index (χ2v) is 7.22. The number of aryl methyl sites for hydroxylation is 2. The quantitative estimate of drug-likeness (QED) is 0.669. The molecule has 0 saturated carbocycles. The summed E-state index contributed by atoms with van der Waals surface area (Å²) in [5, 5.41) is 2.50. The van der Waals surface area contributed by atoms with Crippen molar-refractivity contribution >= 4 is 27.5 Å². The molecule has 0 fully saturated rings. The average molecular weight is 356 g/mol. The van der Waals surface area contributed by atoms with Crippen LogP contribution in [0.3, 0.4) is 0 Å². The van der Waals surface area contributed by atoms with Crippen molar-refractivity contribution in [1.82, 2.24) is 9.55 Å². The summed E-state index contributed by atoms with van der Waals surface area (Å²) in [5.41, 5.74) is 3.93. The highest BCUT2D eigenvalue weighted by Crippen LogP contribution is 2.32. The predicted octanol–water partition coefficient (Wildman–Crippen LogP) is 3.69. The van der Waals surface area contributed by atoms with E-state index < -0.39 is 5.97 Å². The summed E-state index contributed by atoms with van der Waals surface area (Å²) >= 11 is 1.43. The van der Waals surface area contributed by atoms with Crippen LogP contribution in [0.1, 0.15) is 25.0 Å². The lowest BCUT2D eigenvalue weighted by atomic mass is 9.99. The molecule has 0 radical (unpaired) electrons. The lowest BCUT2D eigenvalue weighted by Crippen LogP contribution is -2.26. The number of nitrogens with zero attached hydrogens (tertiary/aromatic N) is 2. The second-order valence-electron chi connectivity index (χ2n) is 6.36. The van der Waals surface area contributed by atoms with Crippen LogP contribution in [0, 0.1) is 13.8 Å².